The van der Waals surface area contributed by atoms with E-state index in [0.29, 0.717) is 12.5 Å². The number of ether oxygens (including phenoxy) is 1. The standard InChI is InChI=1S/C18H24BrNO2/c1-12(21)22-8-7-13-3-4-14(11-18(13)19)15-9-16-5-6-17(10-15)20(16)2/h3-4,11,15-17H,5-10H2,1-2H3. The van der Waals surface area contributed by atoms with Gasteiger partial charge in [0, 0.05) is 29.9 Å². The van der Waals surface area contributed by atoms with Gasteiger partial charge in [-0.05, 0) is 55.8 Å². The van der Waals surface area contributed by atoms with Crippen LogP contribution in [0.15, 0.2) is 22.7 Å². The summed E-state index contributed by atoms with van der Waals surface area (Å²) >= 11 is 3.69. The third-order valence-corrected chi connectivity index (χ3v) is 6.06. The van der Waals surface area contributed by atoms with Crippen LogP contribution in [0.1, 0.15) is 49.7 Å². The van der Waals surface area contributed by atoms with Crippen LogP contribution in [0.5, 0.6) is 0 Å². The molecule has 4 heteroatoms. The summed E-state index contributed by atoms with van der Waals surface area (Å²) in [5.41, 5.74) is 2.66. The Labute approximate surface area is 141 Å². The van der Waals surface area contributed by atoms with E-state index in [9.17, 15) is 4.79 Å². The van der Waals surface area contributed by atoms with Gasteiger partial charge in [-0.25, -0.2) is 0 Å². The van der Waals surface area contributed by atoms with Crippen molar-refractivity contribution in [2.45, 2.75) is 57.0 Å². The zero-order valence-corrected chi connectivity index (χ0v) is 14.9. The lowest BCUT2D eigenvalue weighted by Gasteiger charge is -2.36. The molecular weight excluding hydrogens is 342 g/mol. The lowest BCUT2D eigenvalue weighted by Crippen LogP contribution is -2.39. The predicted molar refractivity (Wildman–Crippen MR) is 91.0 cm³/mol. The number of hydrogen-bond donors (Lipinski definition) is 0. The van der Waals surface area contributed by atoms with Crippen molar-refractivity contribution in [3.05, 3.63) is 33.8 Å². The van der Waals surface area contributed by atoms with Crippen molar-refractivity contribution in [2.24, 2.45) is 0 Å². The van der Waals surface area contributed by atoms with Crippen LogP contribution < -0.4 is 0 Å². The van der Waals surface area contributed by atoms with Crippen LogP contribution in [0.25, 0.3) is 0 Å². The number of benzene rings is 1. The fourth-order valence-electron chi connectivity index (χ4n) is 4.01. The maximum Gasteiger partial charge on any atom is 0.302 e. The number of halogens is 1. The quantitative estimate of drug-likeness (QED) is 0.757. The number of carbonyl (C=O) groups is 1. The SMILES string of the molecule is CC(=O)OCCc1ccc(C2CC3CCC(C2)N3C)cc1Br. The molecule has 0 aliphatic carbocycles. The van der Waals surface area contributed by atoms with Crippen LogP contribution in [-0.2, 0) is 16.0 Å². The minimum Gasteiger partial charge on any atom is -0.466 e. The molecule has 2 aliphatic heterocycles. The highest BCUT2D eigenvalue weighted by Crippen LogP contribution is 2.42. The summed E-state index contributed by atoms with van der Waals surface area (Å²) in [4.78, 5) is 13.4. The Morgan fingerprint density at radius 2 is 2.00 bits per heavy atom. The largest absolute Gasteiger partial charge is 0.466 e. The van der Waals surface area contributed by atoms with Gasteiger partial charge in [-0.1, -0.05) is 28.1 Å². The molecule has 2 fully saturated rings. The van der Waals surface area contributed by atoms with Crippen molar-refractivity contribution in [1.29, 1.82) is 0 Å². The summed E-state index contributed by atoms with van der Waals surface area (Å²) in [7, 11) is 2.28. The summed E-state index contributed by atoms with van der Waals surface area (Å²) in [6.45, 7) is 1.90. The Bertz CT molecular complexity index is 546. The molecule has 3 rings (SSSR count). The second kappa shape index (κ2) is 6.71. The van der Waals surface area contributed by atoms with Gasteiger partial charge in [-0.3, -0.25) is 4.79 Å². The van der Waals surface area contributed by atoms with Crippen molar-refractivity contribution in [1.82, 2.24) is 4.90 Å². The molecule has 120 valence electrons. The number of rotatable bonds is 4. The van der Waals surface area contributed by atoms with Gasteiger partial charge in [0.05, 0.1) is 6.61 Å². The van der Waals surface area contributed by atoms with Crippen molar-refractivity contribution in [3.8, 4) is 0 Å². The number of carbonyl (C=O) groups excluding carboxylic acids is 1. The average molecular weight is 366 g/mol. The monoisotopic (exact) mass is 365 g/mol. The van der Waals surface area contributed by atoms with Crippen LogP contribution in [0.2, 0.25) is 0 Å². The lowest BCUT2D eigenvalue weighted by molar-refractivity contribution is -0.140. The lowest BCUT2D eigenvalue weighted by atomic mass is 9.85. The zero-order chi connectivity index (χ0) is 15.7. The molecule has 0 radical (unpaired) electrons. The molecule has 2 saturated heterocycles. The van der Waals surface area contributed by atoms with Gasteiger partial charge < -0.3 is 9.64 Å². The molecule has 2 heterocycles. The Balaban J connectivity index is 1.66. The predicted octanol–water partition coefficient (Wildman–Crippen LogP) is 3.89. The summed E-state index contributed by atoms with van der Waals surface area (Å²) in [6, 6.07) is 8.27. The number of fused-ring (bicyclic) bond motifs is 2. The molecule has 0 saturated carbocycles. The summed E-state index contributed by atoms with van der Waals surface area (Å²) in [5.74, 6) is 0.474. The third kappa shape index (κ3) is 3.38. The van der Waals surface area contributed by atoms with E-state index in [1.165, 1.54) is 43.7 Å². The molecule has 0 amide bonds. The van der Waals surface area contributed by atoms with Gasteiger partial charge >= 0.3 is 5.97 Å². The van der Waals surface area contributed by atoms with Crippen LogP contribution in [0, 0.1) is 0 Å². The molecule has 2 aliphatic rings. The molecule has 1 aromatic rings. The van der Waals surface area contributed by atoms with E-state index in [1.807, 2.05) is 0 Å². The number of hydrogen-bond acceptors (Lipinski definition) is 3. The van der Waals surface area contributed by atoms with Crippen molar-refractivity contribution < 1.29 is 9.53 Å². The van der Waals surface area contributed by atoms with Gasteiger partial charge in [0.1, 0.15) is 0 Å². The van der Waals surface area contributed by atoms with E-state index in [1.54, 1.807) is 0 Å². The number of esters is 1. The molecule has 3 nitrogen and oxygen atoms in total. The van der Waals surface area contributed by atoms with Crippen LogP contribution >= 0.6 is 15.9 Å². The van der Waals surface area contributed by atoms with Crippen molar-refractivity contribution in [3.63, 3.8) is 0 Å². The van der Waals surface area contributed by atoms with Gasteiger partial charge in [-0.2, -0.15) is 0 Å². The van der Waals surface area contributed by atoms with Crippen LogP contribution in [0.4, 0.5) is 0 Å². The van der Waals surface area contributed by atoms with Gasteiger partial charge in [0.2, 0.25) is 0 Å². The first-order chi connectivity index (χ1) is 10.5. The van der Waals surface area contributed by atoms with E-state index in [2.05, 4.69) is 46.1 Å². The maximum absolute atomic E-state index is 10.8. The fraction of sp³-hybridized carbons (Fsp3) is 0.611. The van der Waals surface area contributed by atoms with Gasteiger partial charge in [0.15, 0.2) is 0 Å². The molecule has 0 N–H and O–H groups in total. The normalized spacial score (nSPS) is 27.9. The highest BCUT2D eigenvalue weighted by atomic mass is 79.9. The fourth-order valence-corrected chi connectivity index (χ4v) is 4.60. The zero-order valence-electron chi connectivity index (χ0n) is 13.3. The van der Waals surface area contributed by atoms with E-state index in [4.69, 9.17) is 4.74 Å². The molecule has 0 aromatic heterocycles. The minimum absolute atomic E-state index is 0.213. The molecule has 0 spiro atoms. The smallest absolute Gasteiger partial charge is 0.302 e. The Kier molecular flexibility index (Phi) is 4.88. The van der Waals surface area contributed by atoms with E-state index < -0.39 is 0 Å². The van der Waals surface area contributed by atoms with E-state index in [0.717, 1.165) is 23.0 Å². The summed E-state index contributed by atoms with van der Waals surface area (Å²) in [5, 5.41) is 0. The number of piperidine rings is 1. The Hall–Kier alpha value is -0.870. The Morgan fingerprint density at radius 3 is 2.59 bits per heavy atom. The highest BCUT2D eigenvalue weighted by Gasteiger charge is 2.38. The topological polar surface area (TPSA) is 29.5 Å². The molecule has 2 atom stereocenters. The molecular formula is C18H24BrNO2. The van der Waals surface area contributed by atoms with Crippen LogP contribution in [0.3, 0.4) is 0 Å². The second-order valence-corrected chi connectivity index (χ2v) is 7.51. The third-order valence-electron chi connectivity index (χ3n) is 5.32. The van der Waals surface area contributed by atoms with Crippen LogP contribution in [-0.4, -0.2) is 36.6 Å². The van der Waals surface area contributed by atoms with Crippen molar-refractivity contribution >= 4 is 21.9 Å². The molecule has 2 bridgehead atoms. The summed E-state index contributed by atoms with van der Waals surface area (Å²) in [6.07, 6.45) is 6.05. The highest BCUT2D eigenvalue weighted by molar-refractivity contribution is 9.10. The molecule has 22 heavy (non-hydrogen) atoms. The Morgan fingerprint density at radius 1 is 1.32 bits per heavy atom. The molecule has 2 unspecified atom stereocenters. The van der Waals surface area contributed by atoms with E-state index in [-0.39, 0.29) is 5.97 Å². The maximum atomic E-state index is 10.8. The summed E-state index contributed by atoms with van der Waals surface area (Å²) < 4.78 is 6.17. The first-order valence-corrected chi connectivity index (χ1v) is 8.97. The first kappa shape index (κ1) is 16.0. The molecule has 1 aromatic carbocycles. The number of nitrogens with zero attached hydrogens (tertiary/aromatic N) is 1. The minimum atomic E-state index is -0.213. The first-order valence-electron chi connectivity index (χ1n) is 8.18. The average Bonchev–Trinajstić information content (AvgIpc) is 2.71. The van der Waals surface area contributed by atoms with Gasteiger partial charge in [0.25, 0.3) is 0 Å². The second-order valence-electron chi connectivity index (χ2n) is 6.66. The van der Waals surface area contributed by atoms with E-state index >= 15 is 0 Å². The van der Waals surface area contributed by atoms with Crippen molar-refractivity contribution in [2.75, 3.05) is 13.7 Å². The van der Waals surface area contributed by atoms with Gasteiger partial charge in [-0.15, -0.1) is 0 Å².